The van der Waals surface area contributed by atoms with Crippen LogP contribution in [0.15, 0.2) is 61.9 Å². The van der Waals surface area contributed by atoms with E-state index >= 15 is 0 Å². The van der Waals surface area contributed by atoms with E-state index < -0.39 is 5.92 Å². The molecule has 0 saturated carbocycles. The number of hydrogen-bond donors (Lipinski definition) is 1. The normalized spacial score (nSPS) is 19.7. The molecule has 0 amide bonds. The van der Waals surface area contributed by atoms with Crippen LogP contribution in [-0.2, 0) is 4.79 Å². The van der Waals surface area contributed by atoms with Crippen LogP contribution in [0.25, 0.3) is 0 Å². The summed E-state index contributed by atoms with van der Waals surface area (Å²) in [7, 11) is 0. The van der Waals surface area contributed by atoms with Crippen LogP contribution in [0.3, 0.4) is 0 Å². The predicted octanol–water partition coefficient (Wildman–Crippen LogP) is 5.89. The molecule has 0 saturated heterocycles. The molecule has 1 aliphatic heterocycles. The Hall–Kier alpha value is -1.88. The van der Waals surface area contributed by atoms with Gasteiger partial charge in [0.05, 0.1) is 17.6 Å². The number of carbonyl (C=O) groups excluding carboxylic acids is 1. The maximum Gasteiger partial charge on any atom is 0.161 e. The molecule has 2 aliphatic rings. The van der Waals surface area contributed by atoms with Crippen LogP contribution in [0.4, 0.5) is 5.69 Å². The Morgan fingerprint density at radius 2 is 2.07 bits per heavy atom. The zero-order chi connectivity index (χ0) is 20.0. The van der Waals surface area contributed by atoms with E-state index in [-0.39, 0.29) is 5.78 Å². The summed E-state index contributed by atoms with van der Waals surface area (Å²) in [5.41, 5.74) is 9.47. The van der Waals surface area contributed by atoms with Crippen molar-refractivity contribution in [2.75, 3.05) is 4.90 Å². The van der Waals surface area contributed by atoms with Crippen molar-refractivity contribution < 1.29 is 4.79 Å². The van der Waals surface area contributed by atoms with Crippen molar-refractivity contribution >= 4 is 54.7 Å². The van der Waals surface area contributed by atoms with Crippen LogP contribution in [0.5, 0.6) is 0 Å². The number of nitriles is 1. The van der Waals surface area contributed by atoms with Gasteiger partial charge >= 0.3 is 0 Å². The molecular weight excluding hydrogens is 502 g/mol. The number of nitrogens with zero attached hydrogens (tertiary/aromatic N) is 2. The van der Waals surface area contributed by atoms with Gasteiger partial charge in [0.15, 0.2) is 5.78 Å². The molecule has 7 heteroatoms. The molecule has 0 spiro atoms. The molecule has 1 aromatic heterocycles. The van der Waals surface area contributed by atoms with Gasteiger partial charge in [-0.15, -0.1) is 11.3 Å². The summed E-state index contributed by atoms with van der Waals surface area (Å²) in [5.74, 6) is 0.112. The highest BCUT2D eigenvalue weighted by atomic mass is 79.9. The van der Waals surface area contributed by atoms with Crippen molar-refractivity contribution in [2.45, 2.75) is 32.1 Å². The lowest BCUT2D eigenvalue weighted by Gasteiger charge is -2.39. The van der Waals surface area contributed by atoms with Gasteiger partial charge in [-0.05, 0) is 60.0 Å². The van der Waals surface area contributed by atoms with Crippen LogP contribution in [0, 0.1) is 18.3 Å². The summed E-state index contributed by atoms with van der Waals surface area (Å²) >= 11 is 8.67. The molecule has 1 aromatic carbocycles. The maximum absolute atomic E-state index is 13.0. The zero-order valence-electron chi connectivity index (χ0n) is 15.1. The standard InChI is InChI=1S/C21H17Br2N3OS/c1-11-15(23)9-18(28-11)19-14(10-24)21(25)26(13-5-2-4-12(22)8-13)16-6-3-7-17(27)20(16)19/h2,4-5,8-9,19H,3,6-7,25H2,1H3. The first-order valence-corrected chi connectivity index (χ1v) is 11.3. The van der Waals surface area contributed by atoms with Gasteiger partial charge in [0.25, 0.3) is 0 Å². The molecule has 0 radical (unpaired) electrons. The molecule has 0 fully saturated rings. The molecule has 0 bridgehead atoms. The lowest BCUT2D eigenvalue weighted by atomic mass is 9.78. The molecule has 4 rings (SSSR count). The summed E-state index contributed by atoms with van der Waals surface area (Å²) in [4.78, 5) is 17.0. The van der Waals surface area contributed by atoms with E-state index in [1.807, 2.05) is 42.2 Å². The minimum Gasteiger partial charge on any atom is -0.384 e. The number of ketones is 1. The number of thiophene rings is 1. The minimum atomic E-state index is -0.397. The Labute approximate surface area is 184 Å². The first kappa shape index (κ1) is 19.4. The number of carbonyl (C=O) groups is 1. The Bertz CT molecular complexity index is 1070. The number of allylic oxidation sites excluding steroid dienone is 3. The fraction of sp³-hybridized carbons (Fsp3) is 0.238. The topological polar surface area (TPSA) is 70.1 Å². The fourth-order valence-corrected chi connectivity index (χ4v) is 5.97. The number of aryl methyl sites for hydroxylation is 1. The number of anilines is 1. The molecule has 28 heavy (non-hydrogen) atoms. The van der Waals surface area contributed by atoms with Gasteiger partial charge in [-0.1, -0.05) is 22.0 Å². The fourth-order valence-electron chi connectivity index (χ4n) is 3.90. The first-order valence-electron chi connectivity index (χ1n) is 8.90. The molecular formula is C21H17Br2N3OS. The van der Waals surface area contributed by atoms with Gasteiger partial charge in [-0.3, -0.25) is 9.69 Å². The minimum absolute atomic E-state index is 0.105. The van der Waals surface area contributed by atoms with Crippen molar-refractivity contribution in [1.29, 1.82) is 5.26 Å². The second-order valence-electron chi connectivity index (χ2n) is 6.85. The Morgan fingerprint density at radius 1 is 1.29 bits per heavy atom. The Morgan fingerprint density at radius 3 is 2.71 bits per heavy atom. The van der Waals surface area contributed by atoms with Crippen LogP contribution in [0.2, 0.25) is 0 Å². The van der Waals surface area contributed by atoms with Gasteiger partial charge in [-0.2, -0.15) is 5.26 Å². The monoisotopic (exact) mass is 517 g/mol. The van der Waals surface area contributed by atoms with Gasteiger partial charge < -0.3 is 5.73 Å². The van der Waals surface area contributed by atoms with Crippen LogP contribution in [0.1, 0.15) is 34.9 Å². The van der Waals surface area contributed by atoms with Gasteiger partial charge in [-0.25, -0.2) is 0 Å². The van der Waals surface area contributed by atoms with E-state index in [4.69, 9.17) is 5.73 Å². The highest BCUT2D eigenvalue weighted by Crippen LogP contribution is 2.48. The number of halogens is 2. The second kappa shape index (κ2) is 7.51. The van der Waals surface area contributed by atoms with Crippen molar-refractivity contribution in [3.63, 3.8) is 0 Å². The molecule has 4 nitrogen and oxygen atoms in total. The Kier molecular flexibility index (Phi) is 5.21. The lowest BCUT2D eigenvalue weighted by molar-refractivity contribution is -0.116. The summed E-state index contributed by atoms with van der Waals surface area (Å²) in [5, 5.41) is 10.0. The average molecular weight is 519 g/mol. The van der Waals surface area contributed by atoms with E-state index in [0.717, 1.165) is 42.9 Å². The predicted molar refractivity (Wildman–Crippen MR) is 119 cm³/mol. The van der Waals surface area contributed by atoms with Gasteiger partial charge in [0.1, 0.15) is 5.82 Å². The summed E-state index contributed by atoms with van der Waals surface area (Å²) < 4.78 is 1.91. The first-order chi connectivity index (χ1) is 13.4. The third-order valence-electron chi connectivity index (χ3n) is 5.14. The molecule has 1 unspecified atom stereocenters. The smallest absolute Gasteiger partial charge is 0.161 e. The molecule has 1 aliphatic carbocycles. The Balaban J connectivity index is 1.98. The van der Waals surface area contributed by atoms with E-state index in [1.54, 1.807) is 11.3 Å². The van der Waals surface area contributed by atoms with Gasteiger partial charge in [0.2, 0.25) is 0 Å². The SMILES string of the molecule is Cc1sc(C2C(C#N)=C(N)N(c3cccc(Br)c3)C3=C2C(=O)CCC3)cc1Br. The molecule has 142 valence electrons. The third kappa shape index (κ3) is 3.14. The largest absolute Gasteiger partial charge is 0.384 e. The van der Waals surface area contributed by atoms with E-state index in [9.17, 15) is 10.1 Å². The van der Waals surface area contributed by atoms with Crippen LogP contribution in [-0.4, -0.2) is 5.78 Å². The maximum atomic E-state index is 13.0. The lowest BCUT2D eigenvalue weighted by Crippen LogP contribution is -2.38. The van der Waals surface area contributed by atoms with Crippen molar-refractivity contribution in [3.8, 4) is 6.07 Å². The second-order valence-corrected chi connectivity index (χ2v) is 9.91. The molecule has 1 atom stereocenters. The number of nitrogens with two attached hydrogens (primary N) is 1. The summed E-state index contributed by atoms with van der Waals surface area (Å²) in [6.07, 6.45) is 2.05. The van der Waals surface area contributed by atoms with Crippen molar-refractivity contribution in [2.24, 2.45) is 5.73 Å². The highest BCUT2D eigenvalue weighted by Gasteiger charge is 2.41. The zero-order valence-corrected chi connectivity index (χ0v) is 19.1. The molecule has 2 heterocycles. The number of rotatable bonds is 2. The highest BCUT2D eigenvalue weighted by molar-refractivity contribution is 9.10. The third-order valence-corrected chi connectivity index (χ3v) is 7.84. The van der Waals surface area contributed by atoms with Crippen LogP contribution >= 0.6 is 43.2 Å². The molecule has 2 aromatic rings. The molecule has 2 N–H and O–H groups in total. The van der Waals surface area contributed by atoms with Crippen molar-refractivity contribution in [3.05, 3.63) is 71.7 Å². The number of hydrogen-bond acceptors (Lipinski definition) is 5. The average Bonchev–Trinajstić information content (AvgIpc) is 2.99. The number of Topliss-reactive ketones (excluding diaryl/α,β-unsaturated/α-hetero) is 1. The van der Waals surface area contributed by atoms with Crippen LogP contribution < -0.4 is 10.6 Å². The summed E-state index contributed by atoms with van der Waals surface area (Å²) in [6, 6.07) is 12.1. The van der Waals surface area contributed by atoms with E-state index in [2.05, 4.69) is 37.9 Å². The van der Waals surface area contributed by atoms with E-state index in [1.165, 1.54) is 0 Å². The van der Waals surface area contributed by atoms with Crippen molar-refractivity contribution in [1.82, 2.24) is 0 Å². The number of benzene rings is 1. The summed E-state index contributed by atoms with van der Waals surface area (Å²) in [6.45, 7) is 2.02. The quantitative estimate of drug-likeness (QED) is 0.538. The van der Waals surface area contributed by atoms with E-state index in [0.29, 0.717) is 23.4 Å². The van der Waals surface area contributed by atoms with Gasteiger partial charge in [0, 0.05) is 42.1 Å².